The van der Waals surface area contributed by atoms with Crippen molar-refractivity contribution in [1.29, 1.82) is 0 Å². The lowest BCUT2D eigenvalue weighted by molar-refractivity contribution is -0.384. The minimum atomic E-state index is -0.985. The highest BCUT2D eigenvalue weighted by Crippen LogP contribution is 2.16. The summed E-state index contributed by atoms with van der Waals surface area (Å²) in [5.41, 5.74) is -0.567. The highest BCUT2D eigenvalue weighted by Gasteiger charge is 2.19. The molecule has 0 spiro atoms. The molecule has 2 N–H and O–H groups in total. The molecular weight excluding hydrogens is 250 g/mol. The predicted molar refractivity (Wildman–Crippen MR) is 71.0 cm³/mol. The van der Waals surface area contributed by atoms with E-state index in [2.05, 4.69) is 5.32 Å². The molecule has 0 atom stereocenters. The van der Waals surface area contributed by atoms with Crippen LogP contribution in [0.25, 0.3) is 0 Å². The number of hydrogen-bond donors (Lipinski definition) is 2. The summed E-state index contributed by atoms with van der Waals surface area (Å²) in [6.45, 7) is 3.37. The Morgan fingerprint density at radius 1 is 1.42 bits per heavy atom. The SMILES string of the molecule is CN(CC(C)(C)O)C(=O)Nc1ccc([N+](=O)[O-])cc1. The van der Waals surface area contributed by atoms with E-state index in [4.69, 9.17) is 0 Å². The molecule has 0 unspecified atom stereocenters. The van der Waals surface area contributed by atoms with Crippen molar-refractivity contribution in [2.75, 3.05) is 18.9 Å². The number of nitro benzene ring substituents is 1. The highest BCUT2D eigenvalue weighted by atomic mass is 16.6. The van der Waals surface area contributed by atoms with E-state index < -0.39 is 16.6 Å². The molecule has 7 heteroatoms. The molecule has 0 aliphatic carbocycles. The minimum Gasteiger partial charge on any atom is -0.389 e. The third kappa shape index (κ3) is 4.92. The Morgan fingerprint density at radius 2 is 1.95 bits per heavy atom. The van der Waals surface area contributed by atoms with Gasteiger partial charge in [0.1, 0.15) is 0 Å². The van der Waals surface area contributed by atoms with E-state index in [9.17, 15) is 20.0 Å². The van der Waals surface area contributed by atoms with Crippen LogP contribution in [0.1, 0.15) is 13.8 Å². The molecule has 0 saturated heterocycles. The summed E-state index contributed by atoms with van der Waals surface area (Å²) in [4.78, 5) is 23.1. The molecule has 0 bridgehead atoms. The van der Waals surface area contributed by atoms with E-state index >= 15 is 0 Å². The van der Waals surface area contributed by atoms with Crippen molar-refractivity contribution >= 4 is 17.4 Å². The number of carbonyl (C=O) groups is 1. The van der Waals surface area contributed by atoms with Gasteiger partial charge in [0, 0.05) is 24.9 Å². The number of amides is 2. The van der Waals surface area contributed by atoms with Gasteiger partial charge in [0.2, 0.25) is 0 Å². The van der Waals surface area contributed by atoms with Crippen LogP contribution < -0.4 is 5.32 Å². The molecule has 1 aromatic rings. The molecule has 0 heterocycles. The maximum Gasteiger partial charge on any atom is 0.321 e. The first-order chi connectivity index (χ1) is 8.69. The van der Waals surface area contributed by atoms with Crippen molar-refractivity contribution in [2.45, 2.75) is 19.4 Å². The molecule has 104 valence electrons. The molecule has 0 saturated carbocycles. The molecule has 1 rings (SSSR count). The van der Waals surface area contributed by atoms with Crippen LogP contribution in [0.5, 0.6) is 0 Å². The van der Waals surface area contributed by atoms with E-state index in [0.717, 1.165) is 0 Å². The van der Waals surface area contributed by atoms with E-state index in [1.165, 1.54) is 29.2 Å². The third-order valence-electron chi connectivity index (χ3n) is 2.30. The Kier molecular flexibility index (Phi) is 4.44. The molecule has 0 radical (unpaired) electrons. The Balaban J connectivity index is 2.64. The summed E-state index contributed by atoms with van der Waals surface area (Å²) in [7, 11) is 1.55. The molecule has 1 aromatic carbocycles. The number of hydrogen-bond acceptors (Lipinski definition) is 4. The Labute approximate surface area is 111 Å². The first kappa shape index (κ1) is 14.9. The quantitative estimate of drug-likeness (QED) is 0.642. The fourth-order valence-electron chi connectivity index (χ4n) is 1.54. The molecule has 7 nitrogen and oxygen atoms in total. The molecule has 0 aromatic heterocycles. The van der Waals surface area contributed by atoms with Crippen LogP contribution in [0.3, 0.4) is 0 Å². The van der Waals surface area contributed by atoms with Gasteiger partial charge in [0.15, 0.2) is 0 Å². The van der Waals surface area contributed by atoms with Crippen LogP contribution in [0, 0.1) is 10.1 Å². The van der Waals surface area contributed by atoms with Gasteiger partial charge in [-0.05, 0) is 26.0 Å². The van der Waals surface area contributed by atoms with Crippen molar-refractivity contribution in [3.63, 3.8) is 0 Å². The number of aliphatic hydroxyl groups is 1. The van der Waals surface area contributed by atoms with Gasteiger partial charge in [-0.3, -0.25) is 10.1 Å². The summed E-state index contributed by atoms with van der Waals surface area (Å²) < 4.78 is 0. The van der Waals surface area contributed by atoms with E-state index in [0.29, 0.717) is 5.69 Å². The summed E-state index contributed by atoms with van der Waals surface area (Å²) in [5.74, 6) is 0. The fourth-order valence-corrected chi connectivity index (χ4v) is 1.54. The van der Waals surface area contributed by atoms with Crippen LogP contribution in [0.2, 0.25) is 0 Å². The topological polar surface area (TPSA) is 95.7 Å². The maximum atomic E-state index is 11.8. The number of nitrogens with one attached hydrogen (secondary N) is 1. The van der Waals surface area contributed by atoms with Gasteiger partial charge >= 0.3 is 6.03 Å². The molecule has 0 aliphatic heterocycles. The van der Waals surface area contributed by atoms with E-state index in [1.807, 2.05) is 0 Å². The van der Waals surface area contributed by atoms with Gasteiger partial charge in [0.25, 0.3) is 5.69 Å². The van der Waals surface area contributed by atoms with Crippen LogP contribution >= 0.6 is 0 Å². The number of nitrogens with zero attached hydrogens (tertiary/aromatic N) is 2. The van der Waals surface area contributed by atoms with E-state index in [1.54, 1.807) is 20.9 Å². The summed E-state index contributed by atoms with van der Waals surface area (Å²) in [6, 6.07) is 5.13. The fraction of sp³-hybridized carbons (Fsp3) is 0.417. The second kappa shape index (κ2) is 5.66. The first-order valence-electron chi connectivity index (χ1n) is 5.68. The predicted octanol–water partition coefficient (Wildman–Crippen LogP) is 1.83. The molecule has 0 fully saturated rings. The van der Waals surface area contributed by atoms with Crippen LogP contribution in [-0.2, 0) is 0 Å². The molecule has 2 amide bonds. The first-order valence-corrected chi connectivity index (χ1v) is 5.68. The molecule has 0 aliphatic rings. The number of non-ortho nitro benzene ring substituents is 1. The third-order valence-corrected chi connectivity index (χ3v) is 2.30. The van der Waals surface area contributed by atoms with Crippen LogP contribution in [0.15, 0.2) is 24.3 Å². The monoisotopic (exact) mass is 267 g/mol. The lowest BCUT2D eigenvalue weighted by atomic mass is 10.1. The number of carbonyl (C=O) groups excluding carboxylic acids is 1. The largest absolute Gasteiger partial charge is 0.389 e. The second-order valence-electron chi connectivity index (χ2n) is 4.90. The van der Waals surface area contributed by atoms with Gasteiger partial charge in [-0.15, -0.1) is 0 Å². The number of likely N-dealkylation sites (N-methyl/N-ethyl adjacent to an activating group) is 1. The lowest BCUT2D eigenvalue weighted by Crippen LogP contribution is -2.41. The molecular formula is C12H17N3O4. The van der Waals surface area contributed by atoms with Gasteiger partial charge in [0.05, 0.1) is 17.1 Å². The van der Waals surface area contributed by atoms with Gasteiger partial charge in [-0.25, -0.2) is 4.79 Å². The summed E-state index contributed by atoms with van der Waals surface area (Å²) >= 11 is 0. The summed E-state index contributed by atoms with van der Waals surface area (Å²) in [6.07, 6.45) is 0. The van der Waals surface area contributed by atoms with Crippen LogP contribution in [-0.4, -0.2) is 40.2 Å². The number of nitro groups is 1. The number of benzene rings is 1. The van der Waals surface area contributed by atoms with Crippen LogP contribution in [0.4, 0.5) is 16.2 Å². The molecule has 19 heavy (non-hydrogen) atoms. The Hall–Kier alpha value is -2.15. The number of urea groups is 1. The van der Waals surface area contributed by atoms with Crippen molar-refractivity contribution in [2.24, 2.45) is 0 Å². The Morgan fingerprint density at radius 3 is 2.37 bits per heavy atom. The van der Waals surface area contributed by atoms with Crippen molar-refractivity contribution < 1.29 is 14.8 Å². The normalized spacial score (nSPS) is 10.9. The van der Waals surface area contributed by atoms with Crippen molar-refractivity contribution in [3.8, 4) is 0 Å². The minimum absolute atomic E-state index is 0.0390. The van der Waals surface area contributed by atoms with Gasteiger partial charge in [-0.1, -0.05) is 0 Å². The standard InChI is InChI=1S/C12H17N3O4/c1-12(2,17)8-14(3)11(16)13-9-4-6-10(7-5-9)15(18)19/h4-7,17H,8H2,1-3H3,(H,13,16). The lowest BCUT2D eigenvalue weighted by Gasteiger charge is -2.25. The summed E-state index contributed by atoms with van der Waals surface area (Å²) in [5, 5.41) is 22.7. The highest BCUT2D eigenvalue weighted by molar-refractivity contribution is 5.89. The average Bonchev–Trinajstić information content (AvgIpc) is 2.27. The number of rotatable bonds is 4. The Bertz CT molecular complexity index is 465. The van der Waals surface area contributed by atoms with Crippen molar-refractivity contribution in [3.05, 3.63) is 34.4 Å². The zero-order valence-electron chi connectivity index (χ0n) is 11.1. The van der Waals surface area contributed by atoms with Gasteiger partial charge < -0.3 is 15.3 Å². The number of anilines is 1. The smallest absolute Gasteiger partial charge is 0.321 e. The van der Waals surface area contributed by atoms with Gasteiger partial charge in [-0.2, -0.15) is 0 Å². The zero-order chi connectivity index (χ0) is 14.6. The van der Waals surface area contributed by atoms with E-state index in [-0.39, 0.29) is 12.2 Å². The van der Waals surface area contributed by atoms with Crippen molar-refractivity contribution in [1.82, 2.24) is 4.90 Å². The zero-order valence-corrected chi connectivity index (χ0v) is 11.1. The average molecular weight is 267 g/mol. The second-order valence-corrected chi connectivity index (χ2v) is 4.90. The maximum absolute atomic E-state index is 11.8.